The van der Waals surface area contributed by atoms with Gasteiger partial charge in [-0.15, -0.1) is 0 Å². The van der Waals surface area contributed by atoms with Gasteiger partial charge in [-0.3, -0.25) is 4.79 Å². The van der Waals surface area contributed by atoms with E-state index >= 15 is 0 Å². The van der Waals surface area contributed by atoms with Crippen LogP contribution in [0.2, 0.25) is 5.02 Å². The summed E-state index contributed by atoms with van der Waals surface area (Å²) in [5, 5.41) is 0.311. The van der Waals surface area contributed by atoms with Gasteiger partial charge in [-0.1, -0.05) is 25.4 Å². The molecule has 1 unspecified atom stereocenters. The molecule has 0 aromatic carbocycles. The van der Waals surface area contributed by atoms with Crippen LogP contribution in [-0.2, 0) is 4.74 Å². The molecule has 1 aliphatic heterocycles. The quantitative estimate of drug-likeness (QED) is 0.839. The van der Waals surface area contributed by atoms with Crippen molar-refractivity contribution in [3.8, 4) is 0 Å². The standard InChI is InChI=1S/C15H22ClN3O2/c1-4-19(8-11-5-6-21-9-11)15(20)13-12(16)7-17-14(18-13)10(2)3/h7,10-11H,4-6,8-9H2,1-3H3. The Kier molecular flexibility index (Phi) is 5.53. The molecule has 2 rings (SSSR count). The SMILES string of the molecule is CCN(CC1CCOC1)C(=O)c1nc(C(C)C)ncc1Cl. The Labute approximate surface area is 130 Å². The van der Waals surface area contributed by atoms with E-state index in [1.807, 2.05) is 20.8 Å². The fourth-order valence-corrected chi connectivity index (χ4v) is 2.53. The maximum absolute atomic E-state index is 12.7. The number of carbonyl (C=O) groups is 1. The third-order valence-corrected chi connectivity index (χ3v) is 3.93. The largest absolute Gasteiger partial charge is 0.381 e. The molecule has 1 aliphatic rings. The summed E-state index contributed by atoms with van der Waals surface area (Å²) in [6.07, 6.45) is 2.52. The van der Waals surface area contributed by atoms with E-state index in [1.54, 1.807) is 4.90 Å². The number of ether oxygens (including phenoxy) is 1. The summed E-state index contributed by atoms with van der Waals surface area (Å²) in [6, 6.07) is 0. The average Bonchev–Trinajstić information content (AvgIpc) is 2.97. The predicted octanol–water partition coefficient (Wildman–Crippen LogP) is 2.75. The normalized spacial score (nSPS) is 18.2. The molecule has 5 nitrogen and oxygen atoms in total. The lowest BCUT2D eigenvalue weighted by molar-refractivity contribution is 0.0724. The number of hydrogen-bond acceptors (Lipinski definition) is 4. The fraction of sp³-hybridized carbons (Fsp3) is 0.667. The van der Waals surface area contributed by atoms with E-state index in [4.69, 9.17) is 16.3 Å². The van der Waals surface area contributed by atoms with E-state index in [-0.39, 0.29) is 11.8 Å². The van der Waals surface area contributed by atoms with E-state index < -0.39 is 0 Å². The van der Waals surface area contributed by atoms with Gasteiger partial charge in [-0.25, -0.2) is 9.97 Å². The number of amides is 1. The van der Waals surface area contributed by atoms with Crippen molar-refractivity contribution in [3.05, 3.63) is 22.7 Å². The fourth-order valence-electron chi connectivity index (χ4n) is 2.35. The van der Waals surface area contributed by atoms with Crippen molar-refractivity contribution in [2.24, 2.45) is 5.92 Å². The molecule has 6 heteroatoms. The lowest BCUT2D eigenvalue weighted by atomic mass is 10.1. The maximum atomic E-state index is 12.7. The smallest absolute Gasteiger partial charge is 0.274 e. The minimum atomic E-state index is -0.126. The van der Waals surface area contributed by atoms with Crippen molar-refractivity contribution < 1.29 is 9.53 Å². The number of aromatic nitrogens is 2. The zero-order valence-electron chi connectivity index (χ0n) is 12.8. The number of halogens is 1. The van der Waals surface area contributed by atoms with Gasteiger partial charge in [0.2, 0.25) is 0 Å². The van der Waals surface area contributed by atoms with E-state index in [1.165, 1.54) is 6.20 Å². The van der Waals surface area contributed by atoms with E-state index in [0.29, 0.717) is 35.5 Å². The van der Waals surface area contributed by atoms with E-state index in [0.717, 1.165) is 19.6 Å². The molecule has 0 aliphatic carbocycles. The highest BCUT2D eigenvalue weighted by Crippen LogP contribution is 2.20. The van der Waals surface area contributed by atoms with E-state index in [2.05, 4.69) is 9.97 Å². The Morgan fingerprint density at radius 3 is 2.90 bits per heavy atom. The molecule has 0 N–H and O–H groups in total. The van der Waals surface area contributed by atoms with Crippen LogP contribution in [0.15, 0.2) is 6.20 Å². The van der Waals surface area contributed by atoms with Crippen molar-refractivity contribution >= 4 is 17.5 Å². The predicted molar refractivity (Wildman–Crippen MR) is 81.6 cm³/mol. The van der Waals surface area contributed by atoms with Crippen LogP contribution in [0, 0.1) is 5.92 Å². The van der Waals surface area contributed by atoms with Crippen molar-refractivity contribution in [1.29, 1.82) is 0 Å². The molecule has 21 heavy (non-hydrogen) atoms. The summed E-state index contributed by atoms with van der Waals surface area (Å²) in [6.45, 7) is 8.77. The highest BCUT2D eigenvalue weighted by atomic mass is 35.5. The lowest BCUT2D eigenvalue weighted by Crippen LogP contribution is -2.36. The molecule has 0 radical (unpaired) electrons. The number of hydrogen-bond donors (Lipinski definition) is 0. The minimum absolute atomic E-state index is 0.126. The zero-order chi connectivity index (χ0) is 15.4. The molecule has 1 amide bonds. The van der Waals surface area contributed by atoms with Gasteiger partial charge >= 0.3 is 0 Å². The molecule has 0 bridgehead atoms. The van der Waals surface area contributed by atoms with Gasteiger partial charge in [-0.05, 0) is 13.3 Å². The first-order valence-electron chi connectivity index (χ1n) is 7.42. The van der Waals surface area contributed by atoms with Crippen LogP contribution in [0.25, 0.3) is 0 Å². The number of nitrogens with zero attached hydrogens (tertiary/aromatic N) is 3. The molecule has 1 aromatic heterocycles. The zero-order valence-corrected chi connectivity index (χ0v) is 13.6. The second kappa shape index (κ2) is 7.18. The van der Waals surface area contributed by atoms with E-state index in [9.17, 15) is 4.79 Å². The third kappa shape index (κ3) is 3.92. The second-order valence-corrected chi connectivity index (χ2v) is 6.06. The summed E-state index contributed by atoms with van der Waals surface area (Å²) in [7, 11) is 0. The molecule has 0 saturated carbocycles. The molecule has 2 heterocycles. The topological polar surface area (TPSA) is 55.3 Å². The molecule has 0 spiro atoms. The Balaban J connectivity index is 2.17. The Hall–Kier alpha value is -1.20. The van der Waals surface area contributed by atoms with Crippen LogP contribution in [-0.4, -0.2) is 47.1 Å². The summed E-state index contributed by atoms with van der Waals surface area (Å²) in [4.78, 5) is 23.0. The van der Waals surface area contributed by atoms with Gasteiger partial charge in [0.1, 0.15) is 5.82 Å². The van der Waals surface area contributed by atoms with Gasteiger partial charge in [0, 0.05) is 31.5 Å². The average molecular weight is 312 g/mol. The van der Waals surface area contributed by atoms with Crippen LogP contribution in [0.3, 0.4) is 0 Å². The Bertz CT molecular complexity index is 502. The van der Waals surface area contributed by atoms with Gasteiger partial charge in [0.05, 0.1) is 17.8 Å². The number of rotatable bonds is 5. The van der Waals surface area contributed by atoms with Gasteiger partial charge in [-0.2, -0.15) is 0 Å². The van der Waals surface area contributed by atoms with Crippen LogP contribution < -0.4 is 0 Å². The molecular weight excluding hydrogens is 290 g/mol. The van der Waals surface area contributed by atoms with Crippen LogP contribution >= 0.6 is 11.6 Å². The third-order valence-electron chi connectivity index (χ3n) is 3.65. The summed E-state index contributed by atoms with van der Waals surface area (Å²) < 4.78 is 5.37. The minimum Gasteiger partial charge on any atom is -0.381 e. The van der Waals surface area contributed by atoms with Crippen LogP contribution in [0.1, 0.15) is 49.4 Å². The molecular formula is C15H22ClN3O2. The van der Waals surface area contributed by atoms with Crippen molar-refractivity contribution in [2.45, 2.75) is 33.1 Å². The highest BCUT2D eigenvalue weighted by molar-refractivity contribution is 6.33. The number of carbonyl (C=O) groups excluding carboxylic acids is 1. The summed E-state index contributed by atoms with van der Waals surface area (Å²) in [5.41, 5.74) is 0.302. The molecule has 116 valence electrons. The first-order valence-corrected chi connectivity index (χ1v) is 7.80. The van der Waals surface area contributed by atoms with Gasteiger partial charge in [0.25, 0.3) is 5.91 Å². The Morgan fingerprint density at radius 2 is 2.33 bits per heavy atom. The van der Waals surface area contributed by atoms with Crippen molar-refractivity contribution in [2.75, 3.05) is 26.3 Å². The lowest BCUT2D eigenvalue weighted by Gasteiger charge is -2.24. The van der Waals surface area contributed by atoms with Gasteiger partial charge in [0.15, 0.2) is 5.69 Å². The second-order valence-electron chi connectivity index (χ2n) is 5.65. The molecule has 1 aromatic rings. The summed E-state index contributed by atoms with van der Waals surface area (Å²) >= 11 is 6.12. The van der Waals surface area contributed by atoms with Crippen molar-refractivity contribution in [1.82, 2.24) is 14.9 Å². The summed E-state index contributed by atoms with van der Waals surface area (Å²) in [5.74, 6) is 1.08. The van der Waals surface area contributed by atoms with Crippen LogP contribution in [0.5, 0.6) is 0 Å². The maximum Gasteiger partial charge on any atom is 0.274 e. The molecule has 1 atom stereocenters. The van der Waals surface area contributed by atoms with Crippen molar-refractivity contribution in [3.63, 3.8) is 0 Å². The first-order chi connectivity index (χ1) is 10.0. The first kappa shape index (κ1) is 16.2. The Morgan fingerprint density at radius 1 is 1.57 bits per heavy atom. The van der Waals surface area contributed by atoms with Crippen LogP contribution in [0.4, 0.5) is 0 Å². The molecule has 1 fully saturated rings. The monoisotopic (exact) mass is 311 g/mol. The molecule has 1 saturated heterocycles. The van der Waals surface area contributed by atoms with Gasteiger partial charge < -0.3 is 9.64 Å². The highest BCUT2D eigenvalue weighted by Gasteiger charge is 2.25.